The molecule has 0 radical (unpaired) electrons. The van der Waals surface area contributed by atoms with E-state index in [0.29, 0.717) is 39.1 Å². The Balaban J connectivity index is 1.44. The van der Waals surface area contributed by atoms with E-state index in [2.05, 4.69) is 26.5 Å². The molecule has 0 spiro atoms. The molecule has 0 bridgehead atoms. The van der Waals surface area contributed by atoms with E-state index in [-0.39, 0.29) is 11.4 Å². The number of rotatable bonds is 8. The predicted molar refractivity (Wildman–Crippen MR) is 134 cm³/mol. The smallest absolute Gasteiger partial charge is 0.307 e. The van der Waals surface area contributed by atoms with Crippen molar-refractivity contribution in [3.05, 3.63) is 97.7 Å². The van der Waals surface area contributed by atoms with Crippen LogP contribution in [0.5, 0.6) is 11.5 Å². The van der Waals surface area contributed by atoms with E-state index in [1.165, 1.54) is 43.2 Å². The van der Waals surface area contributed by atoms with E-state index >= 15 is 0 Å². The minimum Gasteiger partial charge on any atom is -0.493 e. The highest BCUT2D eigenvalue weighted by molar-refractivity contribution is 9.10. The maximum absolute atomic E-state index is 12.4. The van der Waals surface area contributed by atoms with Gasteiger partial charge in [0, 0.05) is 17.5 Å². The summed E-state index contributed by atoms with van der Waals surface area (Å²) in [6.45, 7) is 2.40. The zero-order valence-electron chi connectivity index (χ0n) is 18.8. The Morgan fingerprint density at radius 3 is 2.66 bits per heavy atom. The summed E-state index contributed by atoms with van der Waals surface area (Å²) in [5, 5.41) is 15.3. The number of nitro benzene ring substituents is 1. The number of nitro groups is 1. The number of hydrazone groups is 1. The van der Waals surface area contributed by atoms with Crippen LogP contribution in [0.2, 0.25) is 0 Å². The number of fused-ring (bicyclic) bond motifs is 1. The number of carbonyl (C=O) groups is 1. The van der Waals surface area contributed by atoms with Gasteiger partial charge >= 0.3 is 5.91 Å². The molecule has 0 fully saturated rings. The van der Waals surface area contributed by atoms with Crippen LogP contribution < -0.4 is 14.9 Å². The molecule has 3 aromatic carbocycles. The second-order valence-corrected chi connectivity index (χ2v) is 8.45. The van der Waals surface area contributed by atoms with Crippen molar-refractivity contribution in [2.75, 3.05) is 7.11 Å². The fraction of sp³-hybridized carbons (Fsp3) is 0.120. The SMILES string of the molecule is COc1cc(/C=N\NC(=O)c2cc3cc([N+](=O)[O-])ccc3o2)cc(Br)c1OCc1ccc(C)cc1. The second kappa shape index (κ2) is 10.4. The Labute approximate surface area is 208 Å². The van der Waals surface area contributed by atoms with E-state index in [1.807, 2.05) is 31.2 Å². The Morgan fingerprint density at radius 1 is 1.17 bits per heavy atom. The molecular formula is C25H20BrN3O6. The number of hydrogen-bond donors (Lipinski definition) is 1. The normalized spacial score (nSPS) is 11.1. The molecular weight excluding hydrogens is 518 g/mol. The van der Waals surface area contributed by atoms with E-state index < -0.39 is 10.8 Å². The number of amides is 1. The number of non-ortho nitro benzene ring substituents is 1. The Morgan fingerprint density at radius 2 is 1.94 bits per heavy atom. The highest BCUT2D eigenvalue weighted by Gasteiger charge is 2.15. The number of furan rings is 1. The van der Waals surface area contributed by atoms with Crippen molar-refractivity contribution in [2.45, 2.75) is 13.5 Å². The van der Waals surface area contributed by atoms with Gasteiger partial charge in [-0.25, -0.2) is 5.43 Å². The van der Waals surface area contributed by atoms with Gasteiger partial charge in [-0.15, -0.1) is 0 Å². The van der Waals surface area contributed by atoms with Gasteiger partial charge in [-0.1, -0.05) is 29.8 Å². The second-order valence-electron chi connectivity index (χ2n) is 7.60. The lowest BCUT2D eigenvalue weighted by Crippen LogP contribution is -2.16. The number of nitrogens with one attached hydrogen (secondary N) is 1. The largest absolute Gasteiger partial charge is 0.493 e. The first-order valence-corrected chi connectivity index (χ1v) is 11.2. The summed E-state index contributed by atoms with van der Waals surface area (Å²) in [5.41, 5.74) is 5.51. The third-order valence-corrected chi connectivity index (χ3v) is 5.66. The lowest BCUT2D eigenvalue weighted by atomic mass is 10.2. The molecule has 1 amide bonds. The van der Waals surface area contributed by atoms with Crippen LogP contribution in [0, 0.1) is 17.0 Å². The quantitative estimate of drug-likeness (QED) is 0.173. The number of nitrogens with zero attached hydrogens (tertiary/aromatic N) is 2. The van der Waals surface area contributed by atoms with Crippen LogP contribution in [-0.2, 0) is 6.61 Å². The van der Waals surface area contributed by atoms with Crippen molar-refractivity contribution in [3.8, 4) is 11.5 Å². The first kappa shape index (κ1) is 24.0. The van der Waals surface area contributed by atoms with Gasteiger partial charge in [-0.2, -0.15) is 5.10 Å². The topological polar surface area (TPSA) is 116 Å². The summed E-state index contributed by atoms with van der Waals surface area (Å²) < 4.78 is 17.5. The summed E-state index contributed by atoms with van der Waals surface area (Å²) in [4.78, 5) is 22.8. The third kappa shape index (κ3) is 5.67. The van der Waals surface area contributed by atoms with Crippen LogP contribution in [0.15, 0.2) is 74.7 Å². The number of benzene rings is 3. The molecule has 4 aromatic rings. The van der Waals surface area contributed by atoms with Gasteiger partial charge in [-0.3, -0.25) is 14.9 Å². The average Bonchev–Trinajstić information content (AvgIpc) is 3.27. The van der Waals surface area contributed by atoms with Crippen molar-refractivity contribution in [1.82, 2.24) is 5.43 Å². The van der Waals surface area contributed by atoms with E-state index in [9.17, 15) is 14.9 Å². The lowest BCUT2D eigenvalue weighted by molar-refractivity contribution is -0.384. The number of halogens is 1. The Kier molecular flexibility index (Phi) is 7.11. The third-order valence-electron chi connectivity index (χ3n) is 5.07. The molecule has 35 heavy (non-hydrogen) atoms. The summed E-state index contributed by atoms with van der Waals surface area (Å²) in [6.07, 6.45) is 1.45. The van der Waals surface area contributed by atoms with Gasteiger partial charge in [0.1, 0.15) is 12.2 Å². The number of hydrogen-bond acceptors (Lipinski definition) is 7. The molecule has 0 unspecified atom stereocenters. The summed E-state index contributed by atoms with van der Waals surface area (Å²) in [6, 6.07) is 17.1. The molecule has 0 aliphatic heterocycles. The molecule has 0 aliphatic rings. The molecule has 0 aliphatic carbocycles. The first-order valence-electron chi connectivity index (χ1n) is 10.4. The summed E-state index contributed by atoms with van der Waals surface area (Å²) in [7, 11) is 1.54. The van der Waals surface area contributed by atoms with Gasteiger partial charge in [0.2, 0.25) is 0 Å². The zero-order valence-corrected chi connectivity index (χ0v) is 20.4. The molecule has 1 heterocycles. The maximum Gasteiger partial charge on any atom is 0.307 e. The molecule has 1 N–H and O–H groups in total. The van der Waals surface area contributed by atoms with E-state index in [4.69, 9.17) is 13.9 Å². The van der Waals surface area contributed by atoms with Crippen LogP contribution in [0.25, 0.3) is 11.0 Å². The molecule has 0 atom stereocenters. The molecule has 0 saturated heterocycles. The number of aryl methyl sites for hydroxylation is 1. The van der Waals surface area contributed by atoms with Crippen LogP contribution in [0.3, 0.4) is 0 Å². The maximum atomic E-state index is 12.4. The standard InChI is InChI=1S/C25H20BrN3O6/c1-15-3-5-16(6-4-15)14-34-24-20(26)9-17(10-22(24)33-2)13-27-28-25(30)23-12-18-11-19(29(31)32)7-8-21(18)35-23/h3-13H,14H2,1-2H3,(H,28,30)/b27-13-. The molecule has 1 aromatic heterocycles. The van der Waals surface area contributed by atoms with Crippen molar-refractivity contribution in [1.29, 1.82) is 0 Å². The lowest BCUT2D eigenvalue weighted by Gasteiger charge is -2.13. The highest BCUT2D eigenvalue weighted by Crippen LogP contribution is 2.37. The van der Waals surface area contributed by atoms with Gasteiger partial charge in [-0.05, 0) is 58.2 Å². The number of methoxy groups -OCH3 is 1. The predicted octanol–water partition coefficient (Wildman–Crippen LogP) is 5.76. The Bertz CT molecular complexity index is 1430. The fourth-order valence-corrected chi connectivity index (χ4v) is 3.85. The minimum absolute atomic E-state index is 0.0173. The minimum atomic E-state index is -0.593. The van der Waals surface area contributed by atoms with Gasteiger partial charge < -0.3 is 13.9 Å². The summed E-state index contributed by atoms with van der Waals surface area (Å²) >= 11 is 3.50. The van der Waals surface area contributed by atoms with Crippen LogP contribution in [-0.4, -0.2) is 24.2 Å². The van der Waals surface area contributed by atoms with Crippen molar-refractivity contribution >= 4 is 44.7 Å². The highest BCUT2D eigenvalue weighted by atomic mass is 79.9. The van der Waals surface area contributed by atoms with E-state index in [0.717, 1.165) is 5.56 Å². The van der Waals surface area contributed by atoms with Gasteiger partial charge in [0.05, 0.1) is 22.7 Å². The molecule has 10 heteroatoms. The molecule has 9 nitrogen and oxygen atoms in total. The number of ether oxygens (including phenoxy) is 2. The van der Waals surface area contributed by atoms with Gasteiger partial charge in [0.15, 0.2) is 17.3 Å². The summed E-state index contributed by atoms with van der Waals surface area (Å²) in [5.74, 6) is 0.434. The number of carbonyl (C=O) groups excluding carboxylic acids is 1. The first-order chi connectivity index (χ1) is 16.8. The molecule has 0 saturated carbocycles. The monoisotopic (exact) mass is 537 g/mol. The average molecular weight is 538 g/mol. The van der Waals surface area contributed by atoms with E-state index in [1.54, 1.807) is 12.1 Å². The molecule has 178 valence electrons. The zero-order chi connectivity index (χ0) is 24.9. The van der Waals surface area contributed by atoms with Crippen LogP contribution in [0.4, 0.5) is 5.69 Å². The van der Waals surface area contributed by atoms with Crippen LogP contribution in [0.1, 0.15) is 27.2 Å². The van der Waals surface area contributed by atoms with Crippen molar-refractivity contribution in [2.24, 2.45) is 5.10 Å². The van der Waals surface area contributed by atoms with Crippen molar-refractivity contribution < 1.29 is 23.6 Å². The Hall–Kier alpha value is -4.18. The van der Waals surface area contributed by atoms with Crippen LogP contribution >= 0.6 is 15.9 Å². The van der Waals surface area contributed by atoms with Crippen molar-refractivity contribution in [3.63, 3.8) is 0 Å². The van der Waals surface area contributed by atoms with Gasteiger partial charge in [0.25, 0.3) is 5.69 Å². The fourth-order valence-electron chi connectivity index (χ4n) is 3.27. The molecule has 4 rings (SSSR count).